The van der Waals surface area contributed by atoms with Crippen LogP contribution in [-0.2, 0) is 6.18 Å². The van der Waals surface area contributed by atoms with Crippen molar-refractivity contribution in [2.75, 3.05) is 0 Å². The summed E-state index contributed by atoms with van der Waals surface area (Å²) in [6.45, 7) is 1.49. The van der Waals surface area contributed by atoms with Gasteiger partial charge in [-0.15, -0.1) is 10.2 Å². The molecule has 5 aromatic rings. The number of pyridine rings is 1. The van der Waals surface area contributed by atoms with Crippen LogP contribution in [0, 0.1) is 12.7 Å². The lowest BCUT2D eigenvalue weighted by atomic mass is 10.0. The van der Waals surface area contributed by atoms with E-state index in [1.54, 1.807) is 6.07 Å². The number of aryl methyl sites for hydroxylation is 1. The average molecular weight is 491 g/mol. The second kappa shape index (κ2) is 8.06. The number of benzene rings is 1. The Kier molecular flexibility index (Phi) is 5.16. The van der Waals surface area contributed by atoms with Crippen LogP contribution in [0.5, 0.6) is 0 Å². The SMILES string of the molecule is Cc1nnc(-c2c(-c3c(F)cccc3Cl)noc2-c2cnn(-c3ccccn3)c2C(F)(F)F)o1. The van der Waals surface area contributed by atoms with Crippen molar-refractivity contribution < 1.29 is 26.5 Å². The van der Waals surface area contributed by atoms with E-state index in [1.807, 2.05) is 0 Å². The maximum atomic E-state index is 14.7. The molecule has 4 heterocycles. The van der Waals surface area contributed by atoms with E-state index in [1.165, 1.54) is 37.4 Å². The monoisotopic (exact) mass is 490 g/mol. The van der Waals surface area contributed by atoms with Crippen LogP contribution in [0.3, 0.4) is 0 Å². The second-order valence-corrected chi connectivity index (χ2v) is 7.37. The fourth-order valence-electron chi connectivity index (χ4n) is 3.40. The van der Waals surface area contributed by atoms with Gasteiger partial charge in [-0.2, -0.15) is 18.3 Å². The molecule has 0 aliphatic heterocycles. The predicted octanol–water partition coefficient (Wildman–Crippen LogP) is 5.76. The van der Waals surface area contributed by atoms with Crippen LogP contribution in [0.15, 0.2) is 57.7 Å². The van der Waals surface area contributed by atoms with Crippen molar-refractivity contribution >= 4 is 11.6 Å². The minimum Gasteiger partial charge on any atom is -0.421 e. The summed E-state index contributed by atoms with van der Waals surface area (Å²) < 4.78 is 68.8. The van der Waals surface area contributed by atoms with Gasteiger partial charge in [-0.1, -0.05) is 28.9 Å². The largest absolute Gasteiger partial charge is 0.434 e. The summed E-state index contributed by atoms with van der Waals surface area (Å²) in [4.78, 5) is 3.94. The van der Waals surface area contributed by atoms with Gasteiger partial charge in [0.25, 0.3) is 5.89 Å². The van der Waals surface area contributed by atoms with Crippen LogP contribution >= 0.6 is 11.6 Å². The highest BCUT2D eigenvalue weighted by molar-refractivity contribution is 6.33. The lowest BCUT2D eigenvalue weighted by Gasteiger charge is -2.11. The molecule has 13 heteroatoms. The number of alkyl halides is 3. The third-order valence-corrected chi connectivity index (χ3v) is 5.10. The van der Waals surface area contributed by atoms with Crippen molar-refractivity contribution in [3.63, 3.8) is 0 Å². The fourth-order valence-corrected chi connectivity index (χ4v) is 3.66. The molecule has 0 spiro atoms. The van der Waals surface area contributed by atoms with Gasteiger partial charge in [0, 0.05) is 13.1 Å². The molecular weight excluding hydrogens is 480 g/mol. The van der Waals surface area contributed by atoms with Crippen molar-refractivity contribution in [2.24, 2.45) is 0 Å². The maximum Gasteiger partial charge on any atom is 0.434 e. The third kappa shape index (κ3) is 3.61. The Labute approximate surface area is 192 Å². The third-order valence-electron chi connectivity index (χ3n) is 4.78. The van der Waals surface area contributed by atoms with E-state index in [4.69, 9.17) is 20.5 Å². The highest BCUT2D eigenvalue weighted by Gasteiger charge is 2.42. The van der Waals surface area contributed by atoms with Gasteiger partial charge < -0.3 is 8.94 Å². The van der Waals surface area contributed by atoms with Gasteiger partial charge in [-0.05, 0) is 24.3 Å². The van der Waals surface area contributed by atoms with Crippen molar-refractivity contribution in [1.82, 2.24) is 30.1 Å². The smallest absolute Gasteiger partial charge is 0.421 e. The van der Waals surface area contributed by atoms with Crippen LogP contribution in [-0.4, -0.2) is 30.1 Å². The first-order valence-corrected chi connectivity index (χ1v) is 9.95. The average Bonchev–Trinajstić information content (AvgIpc) is 3.51. The van der Waals surface area contributed by atoms with Gasteiger partial charge >= 0.3 is 6.18 Å². The summed E-state index contributed by atoms with van der Waals surface area (Å²) in [5, 5.41) is 15.2. The molecule has 1 aromatic carbocycles. The minimum absolute atomic E-state index is 0.0439. The maximum absolute atomic E-state index is 14.7. The van der Waals surface area contributed by atoms with Gasteiger partial charge in [0.2, 0.25) is 5.89 Å². The molecule has 4 aromatic heterocycles. The molecule has 0 unspecified atom stereocenters. The van der Waals surface area contributed by atoms with E-state index < -0.39 is 29.0 Å². The molecule has 0 radical (unpaired) electrons. The molecule has 34 heavy (non-hydrogen) atoms. The Hall–Kier alpha value is -4.06. The van der Waals surface area contributed by atoms with Gasteiger partial charge in [0.1, 0.15) is 17.1 Å². The number of rotatable bonds is 4. The zero-order valence-electron chi connectivity index (χ0n) is 17.0. The number of hydrogen-bond acceptors (Lipinski definition) is 7. The van der Waals surface area contributed by atoms with Gasteiger partial charge in [0.05, 0.1) is 22.3 Å². The van der Waals surface area contributed by atoms with Crippen LogP contribution in [0.2, 0.25) is 5.02 Å². The van der Waals surface area contributed by atoms with Crippen LogP contribution in [0.4, 0.5) is 17.6 Å². The predicted molar refractivity (Wildman–Crippen MR) is 110 cm³/mol. The summed E-state index contributed by atoms with van der Waals surface area (Å²) in [6, 6.07) is 8.33. The van der Waals surface area contributed by atoms with Gasteiger partial charge in [0.15, 0.2) is 17.3 Å². The number of hydrogen-bond donors (Lipinski definition) is 0. The van der Waals surface area contributed by atoms with Gasteiger partial charge in [-0.3, -0.25) is 0 Å². The molecule has 0 aliphatic rings. The Morgan fingerprint density at radius 1 is 1.03 bits per heavy atom. The fraction of sp³-hybridized carbons (Fsp3) is 0.0952. The lowest BCUT2D eigenvalue weighted by Crippen LogP contribution is -2.15. The number of aromatic nitrogens is 6. The number of nitrogens with zero attached hydrogens (tertiary/aromatic N) is 6. The first-order chi connectivity index (χ1) is 16.3. The minimum atomic E-state index is -4.88. The quantitative estimate of drug-likeness (QED) is 0.295. The van der Waals surface area contributed by atoms with E-state index in [0.717, 1.165) is 12.3 Å². The molecule has 0 fully saturated rings. The summed E-state index contributed by atoms with van der Waals surface area (Å²) in [5.74, 6) is -1.37. The summed E-state index contributed by atoms with van der Waals surface area (Å²) in [5.41, 5.74) is -2.25. The Balaban J connectivity index is 1.82. The lowest BCUT2D eigenvalue weighted by molar-refractivity contribution is -0.142. The Morgan fingerprint density at radius 3 is 2.50 bits per heavy atom. The molecule has 5 rings (SSSR count). The molecule has 0 bridgehead atoms. The normalized spacial score (nSPS) is 11.8. The molecule has 0 saturated heterocycles. The molecule has 172 valence electrons. The van der Waals surface area contributed by atoms with E-state index in [0.29, 0.717) is 4.68 Å². The molecule has 8 nitrogen and oxygen atoms in total. The van der Waals surface area contributed by atoms with Crippen molar-refractivity contribution in [3.8, 4) is 39.9 Å². The van der Waals surface area contributed by atoms with Crippen LogP contribution < -0.4 is 0 Å². The van der Waals surface area contributed by atoms with Crippen LogP contribution in [0.25, 0.3) is 39.9 Å². The van der Waals surface area contributed by atoms with E-state index in [-0.39, 0.29) is 39.4 Å². The molecule has 0 amide bonds. The van der Waals surface area contributed by atoms with E-state index in [9.17, 15) is 17.6 Å². The Morgan fingerprint density at radius 2 is 1.85 bits per heavy atom. The first kappa shape index (κ1) is 21.8. The summed E-state index contributed by atoms with van der Waals surface area (Å²) in [6.07, 6.45) is -2.61. The second-order valence-electron chi connectivity index (χ2n) is 6.96. The zero-order chi connectivity index (χ0) is 24.0. The zero-order valence-corrected chi connectivity index (χ0v) is 17.8. The van der Waals surface area contributed by atoms with Crippen molar-refractivity contribution in [3.05, 3.63) is 71.2 Å². The van der Waals surface area contributed by atoms with Crippen molar-refractivity contribution in [1.29, 1.82) is 0 Å². The van der Waals surface area contributed by atoms with Crippen molar-refractivity contribution in [2.45, 2.75) is 13.1 Å². The van der Waals surface area contributed by atoms with E-state index >= 15 is 0 Å². The first-order valence-electron chi connectivity index (χ1n) is 9.57. The van der Waals surface area contributed by atoms with E-state index in [2.05, 4.69) is 25.4 Å². The number of halogens is 5. The van der Waals surface area contributed by atoms with Gasteiger partial charge in [-0.25, -0.2) is 14.1 Å². The molecular formula is C21H11ClF4N6O2. The highest BCUT2D eigenvalue weighted by Crippen LogP contribution is 2.46. The topological polar surface area (TPSA) is 95.7 Å². The molecule has 0 aliphatic carbocycles. The molecule has 0 saturated carbocycles. The standard InChI is InChI=1S/C21H11ClF4N6O2/c1-10-29-30-20(33-10)16-17(15-12(22)5-4-6-13(15)23)31-34-18(16)11-9-28-32(19(11)21(24,25)26)14-7-2-3-8-27-14/h2-9H,1H3. The Bertz CT molecular complexity index is 1470. The molecule has 0 atom stereocenters. The summed E-state index contributed by atoms with van der Waals surface area (Å²) >= 11 is 6.18. The highest BCUT2D eigenvalue weighted by atomic mass is 35.5. The summed E-state index contributed by atoms with van der Waals surface area (Å²) in [7, 11) is 0. The van der Waals surface area contributed by atoms with Crippen LogP contribution in [0.1, 0.15) is 11.6 Å². The molecule has 0 N–H and O–H groups in total.